The van der Waals surface area contributed by atoms with Crippen LogP contribution in [-0.2, 0) is 9.53 Å². The lowest BCUT2D eigenvalue weighted by Gasteiger charge is -2.26. The molecule has 6 heteroatoms. The van der Waals surface area contributed by atoms with Crippen molar-refractivity contribution in [2.75, 3.05) is 6.61 Å². The number of nitrogens with one attached hydrogen (secondary N) is 1. The van der Waals surface area contributed by atoms with Crippen LogP contribution in [0, 0.1) is 11.8 Å². The summed E-state index contributed by atoms with van der Waals surface area (Å²) in [6.07, 6.45) is -0.538. The minimum absolute atomic E-state index is 0.180. The zero-order chi connectivity index (χ0) is 13.6. The summed E-state index contributed by atoms with van der Waals surface area (Å²) in [4.78, 5) is 11.6. The van der Waals surface area contributed by atoms with E-state index in [0.717, 1.165) is 0 Å². The molecule has 17 heavy (non-hydrogen) atoms. The largest absolute Gasteiger partial charge is 0.354 e. The first kappa shape index (κ1) is 17.3. The van der Waals surface area contributed by atoms with Gasteiger partial charge in [-0.15, -0.1) is 0 Å². The third-order valence-corrected chi connectivity index (χ3v) is 2.37. The van der Waals surface area contributed by atoms with Crippen LogP contribution in [0.1, 0.15) is 34.1 Å². The number of carbonyl (C=O) groups is 1. The predicted octanol–water partition coefficient (Wildman–Crippen LogP) is 3.52. The van der Waals surface area contributed by atoms with Crippen molar-refractivity contribution in [2.45, 2.75) is 44.1 Å². The number of carbonyl (C=O) groups excluding carboxylic acids is 1. The van der Waals surface area contributed by atoms with Gasteiger partial charge >= 0.3 is 0 Å². The molecule has 0 radical (unpaired) electrons. The molecule has 1 amide bonds. The standard InChI is InChI=1S/C11H20Cl3NO2/c1-7(2)5-9(16)15-10(11(12,13)14)17-6-8(3)4/h7-8,10H,5-6H2,1-4H3,(H,15,16)/t10-/m0/s1. The molecule has 0 aliphatic rings. The summed E-state index contributed by atoms with van der Waals surface area (Å²) in [6.45, 7) is 8.26. The van der Waals surface area contributed by atoms with E-state index in [-0.39, 0.29) is 11.8 Å². The molecule has 0 bridgehead atoms. The van der Waals surface area contributed by atoms with Gasteiger partial charge in [0, 0.05) is 6.42 Å². The van der Waals surface area contributed by atoms with Crippen molar-refractivity contribution in [2.24, 2.45) is 11.8 Å². The van der Waals surface area contributed by atoms with Crippen molar-refractivity contribution < 1.29 is 9.53 Å². The Morgan fingerprint density at radius 2 is 1.71 bits per heavy atom. The first-order valence-corrected chi connectivity index (χ1v) is 6.74. The van der Waals surface area contributed by atoms with Gasteiger partial charge in [-0.1, -0.05) is 62.5 Å². The van der Waals surface area contributed by atoms with Gasteiger partial charge in [-0.25, -0.2) is 0 Å². The fourth-order valence-corrected chi connectivity index (χ4v) is 1.44. The Balaban J connectivity index is 4.34. The monoisotopic (exact) mass is 303 g/mol. The van der Waals surface area contributed by atoms with E-state index < -0.39 is 10.0 Å². The molecule has 0 fully saturated rings. The highest BCUT2D eigenvalue weighted by molar-refractivity contribution is 6.68. The van der Waals surface area contributed by atoms with Crippen molar-refractivity contribution in [3.05, 3.63) is 0 Å². The maximum atomic E-state index is 11.6. The van der Waals surface area contributed by atoms with E-state index in [1.165, 1.54) is 0 Å². The smallest absolute Gasteiger partial charge is 0.234 e. The highest BCUT2D eigenvalue weighted by atomic mass is 35.6. The molecule has 3 nitrogen and oxygen atoms in total. The summed E-state index contributed by atoms with van der Waals surface area (Å²) in [5, 5.41) is 2.59. The Morgan fingerprint density at radius 3 is 2.06 bits per heavy atom. The first-order chi connectivity index (χ1) is 7.62. The van der Waals surface area contributed by atoms with Crippen LogP contribution in [0.25, 0.3) is 0 Å². The van der Waals surface area contributed by atoms with Gasteiger partial charge in [0.1, 0.15) is 0 Å². The lowest BCUT2D eigenvalue weighted by molar-refractivity contribution is -0.126. The molecule has 0 rings (SSSR count). The third kappa shape index (κ3) is 8.95. The number of halogens is 3. The fraction of sp³-hybridized carbons (Fsp3) is 0.909. The molecular weight excluding hydrogens is 284 g/mol. The molecule has 0 aliphatic heterocycles. The predicted molar refractivity (Wildman–Crippen MR) is 72.5 cm³/mol. The molecule has 0 saturated carbocycles. The van der Waals surface area contributed by atoms with Gasteiger partial charge in [0.2, 0.25) is 9.70 Å². The SMILES string of the molecule is CC(C)CO[C@H](NC(=O)CC(C)C)C(Cl)(Cl)Cl. The van der Waals surface area contributed by atoms with Crippen LogP contribution >= 0.6 is 34.8 Å². The zero-order valence-electron chi connectivity index (χ0n) is 10.6. The van der Waals surface area contributed by atoms with Gasteiger partial charge < -0.3 is 10.1 Å². The quantitative estimate of drug-likeness (QED) is 0.602. The van der Waals surface area contributed by atoms with Crippen LogP contribution in [0.4, 0.5) is 0 Å². The van der Waals surface area contributed by atoms with Crippen LogP contribution in [0.15, 0.2) is 0 Å². The number of rotatable bonds is 6. The zero-order valence-corrected chi connectivity index (χ0v) is 12.9. The Morgan fingerprint density at radius 1 is 1.18 bits per heavy atom. The van der Waals surface area contributed by atoms with Crippen molar-refractivity contribution >= 4 is 40.7 Å². The molecule has 1 atom stereocenters. The fourth-order valence-electron chi connectivity index (χ4n) is 1.08. The summed E-state index contributed by atoms with van der Waals surface area (Å²) in [7, 11) is 0. The topological polar surface area (TPSA) is 38.3 Å². The van der Waals surface area contributed by atoms with Gasteiger partial charge in [0.05, 0.1) is 6.61 Å². The molecule has 0 aromatic rings. The molecule has 0 heterocycles. The van der Waals surface area contributed by atoms with Gasteiger partial charge in [-0.3, -0.25) is 4.79 Å². The molecule has 0 saturated heterocycles. The lowest BCUT2D eigenvalue weighted by atomic mass is 10.1. The molecule has 102 valence electrons. The van der Waals surface area contributed by atoms with Crippen molar-refractivity contribution in [3.8, 4) is 0 Å². The summed E-state index contributed by atoms with van der Waals surface area (Å²) < 4.78 is 3.73. The highest BCUT2D eigenvalue weighted by Crippen LogP contribution is 2.31. The van der Waals surface area contributed by atoms with Crippen molar-refractivity contribution in [1.82, 2.24) is 5.32 Å². The van der Waals surface area contributed by atoms with Gasteiger partial charge in [-0.05, 0) is 11.8 Å². The number of amides is 1. The normalized spacial score (nSPS) is 14.2. The van der Waals surface area contributed by atoms with E-state index in [2.05, 4.69) is 5.32 Å². The number of alkyl halides is 3. The Labute approximate surface area is 118 Å². The minimum atomic E-state index is -1.67. The second kappa shape index (κ2) is 7.67. The third-order valence-electron chi connectivity index (χ3n) is 1.78. The van der Waals surface area contributed by atoms with Crippen molar-refractivity contribution in [1.29, 1.82) is 0 Å². The Bertz CT molecular complexity index is 239. The van der Waals surface area contributed by atoms with E-state index in [1.54, 1.807) is 0 Å². The Kier molecular flexibility index (Phi) is 7.81. The highest BCUT2D eigenvalue weighted by Gasteiger charge is 2.35. The maximum Gasteiger partial charge on any atom is 0.234 e. The number of hydrogen-bond donors (Lipinski definition) is 1. The van der Waals surface area contributed by atoms with Crippen LogP contribution in [0.3, 0.4) is 0 Å². The van der Waals surface area contributed by atoms with E-state index in [9.17, 15) is 4.79 Å². The molecule has 0 aromatic heterocycles. The maximum absolute atomic E-state index is 11.6. The first-order valence-electron chi connectivity index (χ1n) is 5.60. The second-order valence-corrected chi connectivity index (χ2v) is 7.18. The van der Waals surface area contributed by atoms with Gasteiger partial charge in [0.15, 0.2) is 6.23 Å². The van der Waals surface area contributed by atoms with Crippen LogP contribution in [0.5, 0.6) is 0 Å². The molecule has 0 unspecified atom stereocenters. The summed E-state index contributed by atoms with van der Waals surface area (Å²) in [5.74, 6) is 0.364. The number of hydrogen-bond acceptors (Lipinski definition) is 2. The molecular formula is C11H20Cl3NO2. The molecule has 0 aliphatic carbocycles. The Hall–Kier alpha value is 0.300. The average molecular weight is 305 g/mol. The minimum Gasteiger partial charge on any atom is -0.354 e. The van der Waals surface area contributed by atoms with E-state index in [1.807, 2.05) is 27.7 Å². The summed E-state index contributed by atoms with van der Waals surface area (Å²) in [5.41, 5.74) is 0. The van der Waals surface area contributed by atoms with Crippen LogP contribution < -0.4 is 5.32 Å². The average Bonchev–Trinajstić information content (AvgIpc) is 2.08. The van der Waals surface area contributed by atoms with Crippen molar-refractivity contribution in [3.63, 3.8) is 0 Å². The molecule has 1 N–H and O–H groups in total. The van der Waals surface area contributed by atoms with Crippen LogP contribution in [0.2, 0.25) is 0 Å². The summed E-state index contributed by atoms with van der Waals surface area (Å²) in [6, 6.07) is 0. The number of ether oxygens (including phenoxy) is 1. The molecule has 0 spiro atoms. The molecule has 0 aromatic carbocycles. The van der Waals surface area contributed by atoms with E-state index in [0.29, 0.717) is 18.9 Å². The van der Waals surface area contributed by atoms with Gasteiger partial charge in [0.25, 0.3) is 0 Å². The van der Waals surface area contributed by atoms with E-state index in [4.69, 9.17) is 39.5 Å². The van der Waals surface area contributed by atoms with Gasteiger partial charge in [-0.2, -0.15) is 0 Å². The summed E-state index contributed by atoms with van der Waals surface area (Å²) >= 11 is 17.3. The lowest BCUT2D eigenvalue weighted by Crippen LogP contribution is -2.46. The van der Waals surface area contributed by atoms with E-state index >= 15 is 0 Å². The van der Waals surface area contributed by atoms with Crippen LogP contribution in [-0.4, -0.2) is 22.5 Å². The second-order valence-electron chi connectivity index (χ2n) is 4.81.